The fourth-order valence-corrected chi connectivity index (χ4v) is 1.31. The standard InChI is InChI=1S/C8H16N2O3/c1-12-6-7(13-2)5-10-4-3-9-8(10)11/h7H,3-6H2,1-2H3,(H,9,11). The maximum atomic E-state index is 11.1. The van der Waals surface area contributed by atoms with Crippen LogP contribution in [-0.4, -0.2) is 57.5 Å². The number of rotatable bonds is 5. The molecule has 0 spiro atoms. The zero-order valence-electron chi connectivity index (χ0n) is 8.08. The van der Waals surface area contributed by atoms with Crippen LogP contribution in [0.5, 0.6) is 0 Å². The van der Waals surface area contributed by atoms with Crippen LogP contribution in [0.1, 0.15) is 0 Å². The first-order valence-electron chi connectivity index (χ1n) is 4.32. The van der Waals surface area contributed by atoms with Crippen LogP contribution in [-0.2, 0) is 9.47 Å². The van der Waals surface area contributed by atoms with E-state index in [1.165, 1.54) is 0 Å². The number of carbonyl (C=O) groups is 1. The molecule has 1 N–H and O–H groups in total. The summed E-state index contributed by atoms with van der Waals surface area (Å²) in [7, 11) is 3.24. The van der Waals surface area contributed by atoms with Gasteiger partial charge >= 0.3 is 6.03 Å². The maximum absolute atomic E-state index is 11.1. The molecule has 0 aliphatic carbocycles. The van der Waals surface area contributed by atoms with E-state index in [0.29, 0.717) is 13.2 Å². The summed E-state index contributed by atoms with van der Waals surface area (Å²) >= 11 is 0. The molecular weight excluding hydrogens is 172 g/mol. The first-order chi connectivity index (χ1) is 6.27. The van der Waals surface area contributed by atoms with Gasteiger partial charge in [-0.2, -0.15) is 0 Å². The molecule has 0 aromatic heterocycles. The average molecular weight is 188 g/mol. The molecule has 1 atom stereocenters. The molecule has 0 bridgehead atoms. The van der Waals surface area contributed by atoms with E-state index in [0.717, 1.165) is 13.1 Å². The molecule has 1 saturated heterocycles. The van der Waals surface area contributed by atoms with Gasteiger partial charge in [0.05, 0.1) is 19.3 Å². The van der Waals surface area contributed by atoms with Crippen LogP contribution in [0.15, 0.2) is 0 Å². The minimum Gasteiger partial charge on any atom is -0.382 e. The van der Waals surface area contributed by atoms with Gasteiger partial charge in [-0.25, -0.2) is 4.79 Å². The topological polar surface area (TPSA) is 50.8 Å². The van der Waals surface area contributed by atoms with Crippen molar-refractivity contribution >= 4 is 6.03 Å². The lowest BCUT2D eigenvalue weighted by atomic mass is 10.3. The fourth-order valence-electron chi connectivity index (χ4n) is 1.31. The summed E-state index contributed by atoms with van der Waals surface area (Å²) in [5.74, 6) is 0. The van der Waals surface area contributed by atoms with Crippen molar-refractivity contribution in [3.63, 3.8) is 0 Å². The number of methoxy groups -OCH3 is 2. The highest BCUT2D eigenvalue weighted by atomic mass is 16.5. The summed E-state index contributed by atoms with van der Waals surface area (Å²) in [6, 6.07) is -0.0156. The van der Waals surface area contributed by atoms with Crippen molar-refractivity contribution < 1.29 is 14.3 Å². The predicted molar refractivity (Wildman–Crippen MR) is 47.6 cm³/mol. The molecule has 0 aromatic rings. The van der Waals surface area contributed by atoms with E-state index in [4.69, 9.17) is 9.47 Å². The first-order valence-corrected chi connectivity index (χ1v) is 4.32. The largest absolute Gasteiger partial charge is 0.382 e. The molecule has 5 nitrogen and oxygen atoms in total. The third-order valence-corrected chi connectivity index (χ3v) is 2.06. The second-order valence-corrected chi connectivity index (χ2v) is 2.99. The van der Waals surface area contributed by atoms with Crippen LogP contribution in [0.4, 0.5) is 4.79 Å². The normalized spacial score (nSPS) is 18.9. The first kappa shape index (κ1) is 10.3. The van der Waals surface area contributed by atoms with Gasteiger partial charge in [0.15, 0.2) is 0 Å². The molecule has 2 amide bonds. The maximum Gasteiger partial charge on any atom is 0.317 e. The SMILES string of the molecule is COCC(CN1CCNC1=O)OC. The Labute approximate surface area is 78.0 Å². The Balaban J connectivity index is 2.31. The van der Waals surface area contributed by atoms with Gasteiger partial charge < -0.3 is 19.7 Å². The third-order valence-electron chi connectivity index (χ3n) is 2.06. The molecule has 1 heterocycles. The minimum atomic E-state index is -0.0335. The minimum absolute atomic E-state index is 0.0156. The highest BCUT2D eigenvalue weighted by molar-refractivity contribution is 5.76. The van der Waals surface area contributed by atoms with Gasteiger partial charge in [-0.05, 0) is 0 Å². The van der Waals surface area contributed by atoms with Crippen LogP contribution in [0.3, 0.4) is 0 Å². The Hall–Kier alpha value is -0.810. The zero-order valence-corrected chi connectivity index (χ0v) is 8.08. The van der Waals surface area contributed by atoms with Gasteiger partial charge in [0.1, 0.15) is 0 Å². The summed E-state index contributed by atoms with van der Waals surface area (Å²) in [4.78, 5) is 12.9. The summed E-state index contributed by atoms with van der Waals surface area (Å²) in [6.07, 6.45) is -0.0335. The summed E-state index contributed by atoms with van der Waals surface area (Å²) in [6.45, 7) is 2.58. The average Bonchev–Trinajstić information content (AvgIpc) is 2.51. The lowest BCUT2D eigenvalue weighted by Gasteiger charge is -2.20. The van der Waals surface area contributed by atoms with Crippen molar-refractivity contribution in [2.24, 2.45) is 0 Å². The molecule has 1 aliphatic rings. The molecule has 5 heteroatoms. The van der Waals surface area contributed by atoms with Crippen molar-refractivity contribution in [1.29, 1.82) is 0 Å². The lowest BCUT2D eigenvalue weighted by molar-refractivity contribution is 0.0152. The van der Waals surface area contributed by atoms with Crippen LogP contribution < -0.4 is 5.32 Å². The van der Waals surface area contributed by atoms with Crippen LogP contribution in [0, 0.1) is 0 Å². The van der Waals surface area contributed by atoms with Gasteiger partial charge in [0.2, 0.25) is 0 Å². The van der Waals surface area contributed by atoms with E-state index < -0.39 is 0 Å². The van der Waals surface area contributed by atoms with Gasteiger partial charge in [0, 0.05) is 27.3 Å². The van der Waals surface area contributed by atoms with E-state index in [1.54, 1.807) is 19.1 Å². The number of nitrogens with one attached hydrogen (secondary N) is 1. The Kier molecular flexibility index (Phi) is 3.98. The summed E-state index contributed by atoms with van der Waals surface area (Å²) < 4.78 is 10.1. The molecule has 1 rings (SSSR count). The number of urea groups is 1. The molecule has 13 heavy (non-hydrogen) atoms. The molecule has 1 aliphatic heterocycles. The number of ether oxygens (including phenoxy) is 2. The second-order valence-electron chi connectivity index (χ2n) is 2.99. The smallest absolute Gasteiger partial charge is 0.317 e. The summed E-state index contributed by atoms with van der Waals surface area (Å²) in [5.41, 5.74) is 0. The molecule has 0 radical (unpaired) electrons. The Morgan fingerprint density at radius 1 is 1.62 bits per heavy atom. The Bertz CT molecular complexity index is 175. The molecule has 1 fully saturated rings. The van der Waals surface area contributed by atoms with Crippen molar-refractivity contribution in [3.8, 4) is 0 Å². The van der Waals surface area contributed by atoms with Gasteiger partial charge in [-0.3, -0.25) is 0 Å². The molecule has 0 saturated carbocycles. The van der Waals surface area contributed by atoms with Crippen LogP contribution in [0.25, 0.3) is 0 Å². The monoisotopic (exact) mass is 188 g/mol. The quantitative estimate of drug-likeness (QED) is 0.643. The van der Waals surface area contributed by atoms with Crippen LogP contribution in [0.2, 0.25) is 0 Å². The highest BCUT2D eigenvalue weighted by Gasteiger charge is 2.22. The molecule has 1 unspecified atom stereocenters. The van der Waals surface area contributed by atoms with E-state index in [9.17, 15) is 4.79 Å². The Morgan fingerprint density at radius 3 is 2.85 bits per heavy atom. The third kappa shape index (κ3) is 2.86. The second kappa shape index (κ2) is 5.04. The predicted octanol–water partition coefficient (Wildman–Crippen LogP) is -0.327. The van der Waals surface area contributed by atoms with Crippen molar-refractivity contribution in [1.82, 2.24) is 10.2 Å². The van der Waals surface area contributed by atoms with E-state index in [-0.39, 0.29) is 12.1 Å². The van der Waals surface area contributed by atoms with Gasteiger partial charge in [-0.15, -0.1) is 0 Å². The highest BCUT2D eigenvalue weighted by Crippen LogP contribution is 2.01. The number of amides is 2. The number of carbonyl (C=O) groups excluding carboxylic acids is 1. The van der Waals surface area contributed by atoms with Crippen molar-refractivity contribution in [2.75, 3.05) is 40.5 Å². The fraction of sp³-hybridized carbons (Fsp3) is 0.875. The van der Waals surface area contributed by atoms with Crippen molar-refractivity contribution in [3.05, 3.63) is 0 Å². The molecule has 0 aromatic carbocycles. The number of hydrogen-bond acceptors (Lipinski definition) is 3. The lowest BCUT2D eigenvalue weighted by Crippen LogP contribution is -2.37. The van der Waals surface area contributed by atoms with Crippen LogP contribution >= 0.6 is 0 Å². The Morgan fingerprint density at radius 2 is 2.38 bits per heavy atom. The number of nitrogens with zero attached hydrogens (tertiary/aromatic N) is 1. The van der Waals surface area contributed by atoms with E-state index in [2.05, 4.69) is 5.32 Å². The van der Waals surface area contributed by atoms with Crippen molar-refractivity contribution in [2.45, 2.75) is 6.10 Å². The zero-order chi connectivity index (χ0) is 9.68. The number of hydrogen-bond donors (Lipinski definition) is 1. The molecular formula is C8H16N2O3. The van der Waals surface area contributed by atoms with E-state index in [1.807, 2.05) is 0 Å². The van der Waals surface area contributed by atoms with Gasteiger partial charge in [0.25, 0.3) is 0 Å². The summed E-state index contributed by atoms with van der Waals surface area (Å²) in [5, 5.41) is 2.73. The van der Waals surface area contributed by atoms with Gasteiger partial charge in [-0.1, -0.05) is 0 Å². The van der Waals surface area contributed by atoms with E-state index >= 15 is 0 Å². The molecule has 76 valence electrons.